The molecule has 0 amide bonds. The van der Waals surface area contributed by atoms with Gasteiger partial charge in [0.1, 0.15) is 22.0 Å². The number of fused-ring (bicyclic) bond motifs is 2. The predicted molar refractivity (Wildman–Crippen MR) is 122 cm³/mol. The summed E-state index contributed by atoms with van der Waals surface area (Å²) in [6, 6.07) is 7.25. The van der Waals surface area contributed by atoms with Crippen LogP contribution in [0.25, 0.3) is 21.3 Å². The van der Waals surface area contributed by atoms with Crippen molar-refractivity contribution < 1.29 is 13.2 Å². The molecule has 1 aliphatic heterocycles. The molecule has 162 valence electrons. The minimum atomic E-state index is -3.55. The molecule has 0 aliphatic carbocycles. The first-order valence-corrected chi connectivity index (χ1v) is 13.3. The van der Waals surface area contributed by atoms with Gasteiger partial charge in [-0.25, -0.2) is 23.4 Å². The van der Waals surface area contributed by atoms with E-state index in [-0.39, 0.29) is 4.90 Å². The zero-order valence-electron chi connectivity index (χ0n) is 16.9. The Morgan fingerprint density at radius 2 is 2.03 bits per heavy atom. The highest BCUT2D eigenvalue weighted by molar-refractivity contribution is 7.98. The third kappa shape index (κ3) is 3.85. The van der Waals surface area contributed by atoms with E-state index < -0.39 is 10.0 Å². The van der Waals surface area contributed by atoms with E-state index in [0.29, 0.717) is 37.6 Å². The lowest BCUT2D eigenvalue weighted by Crippen LogP contribution is -2.40. The lowest BCUT2D eigenvalue weighted by molar-refractivity contribution is 0.0730. The molecule has 0 atom stereocenters. The van der Waals surface area contributed by atoms with Gasteiger partial charge in [-0.3, -0.25) is 0 Å². The molecular formula is C20H21N5O3S3. The SMILES string of the molecule is CCn1c(CSc2ncnc3sccc23)nc2cc(S(=O)(=O)N3CCOCC3)ccc21. The molecule has 0 saturated carbocycles. The molecular weight excluding hydrogens is 454 g/mol. The molecule has 0 spiro atoms. The van der Waals surface area contributed by atoms with Crippen LogP contribution in [-0.2, 0) is 27.1 Å². The number of sulfonamides is 1. The van der Waals surface area contributed by atoms with Crippen molar-refractivity contribution in [3.63, 3.8) is 0 Å². The van der Waals surface area contributed by atoms with E-state index >= 15 is 0 Å². The molecule has 0 bridgehead atoms. The Hall–Kier alpha value is -2.05. The number of ether oxygens (including phenoxy) is 1. The van der Waals surface area contributed by atoms with Crippen LogP contribution < -0.4 is 0 Å². The molecule has 31 heavy (non-hydrogen) atoms. The lowest BCUT2D eigenvalue weighted by atomic mass is 10.3. The van der Waals surface area contributed by atoms with Gasteiger partial charge in [0.25, 0.3) is 0 Å². The highest BCUT2D eigenvalue weighted by Gasteiger charge is 2.27. The maximum absolute atomic E-state index is 13.0. The smallest absolute Gasteiger partial charge is 0.243 e. The predicted octanol–water partition coefficient (Wildman–Crippen LogP) is 3.37. The number of morpholine rings is 1. The van der Waals surface area contributed by atoms with Crippen LogP contribution >= 0.6 is 23.1 Å². The zero-order valence-corrected chi connectivity index (χ0v) is 19.3. The van der Waals surface area contributed by atoms with E-state index in [0.717, 1.165) is 33.1 Å². The summed E-state index contributed by atoms with van der Waals surface area (Å²) in [5, 5.41) is 3.99. The maximum Gasteiger partial charge on any atom is 0.243 e. The van der Waals surface area contributed by atoms with Crippen molar-refractivity contribution in [3.05, 3.63) is 41.8 Å². The van der Waals surface area contributed by atoms with Crippen LogP contribution in [0.4, 0.5) is 0 Å². The van der Waals surface area contributed by atoms with E-state index in [1.165, 1.54) is 4.31 Å². The van der Waals surface area contributed by atoms with Gasteiger partial charge in [-0.15, -0.1) is 11.3 Å². The molecule has 1 aromatic carbocycles. The summed E-state index contributed by atoms with van der Waals surface area (Å²) in [5.41, 5.74) is 1.62. The molecule has 3 aromatic heterocycles. The van der Waals surface area contributed by atoms with Gasteiger partial charge in [0, 0.05) is 25.0 Å². The van der Waals surface area contributed by atoms with Gasteiger partial charge >= 0.3 is 0 Å². The average Bonchev–Trinajstić information content (AvgIpc) is 3.42. The number of aromatic nitrogens is 4. The maximum atomic E-state index is 13.0. The first-order valence-electron chi connectivity index (χ1n) is 9.96. The first-order chi connectivity index (χ1) is 15.1. The Bertz CT molecular complexity index is 1340. The Morgan fingerprint density at radius 1 is 1.19 bits per heavy atom. The summed E-state index contributed by atoms with van der Waals surface area (Å²) in [5.74, 6) is 1.53. The lowest BCUT2D eigenvalue weighted by Gasteiger charge is -2.26. The second-order valence-corrected chi connectivity index (χ2v) is 10.8. The van der Waals surface area contributed by atoms with E-state index in [4.69, 9.17) is 9.72 Å². The van der Waals surface area contributed by atoms with Crippen molar-refractivity contribution in [1.82, 2.24) is 23.8 Å². The molecule has 5 rings (SSSR count). The molecule has 4 aromatic rings. The second-order valence-electron chi connectivity index (χ2n) is 7.05. The monoisotopic (exact) mass is 475 g/mol. The molecule has 1 aliphatic rings. The van der Waals surface area contributed by atoms with Crippen LogP contribution in [0.15, 0.2) is 45.9 Å². The standard InChI is InChI=1S/C20H21N5O3S3/c1-2-25-17-4-3-14(31(26,27)24-6-8-28-9-7-24)11-16(17)23-18(25)12-30-20-15-5-10-29-19(15)21-13-22-20/h3-5,10-11,13H,2,6-9,12H2,1H3. The molecule has 8 nitrogen and oxygen atoms in total. The van der Waals surface area contributed by atoms with Crippen molar-refractivity contribution in [3.8, 4) is 0 Å². The number of aryl methyl sites for hydroxylation is 1. The quantitative estimate of drug-likeness (QED) is 0.312. The minimum Gasteiger partial charge on any atom is -0.379 e. The molecule has 0 N–H and O–H groups in total. The van der Waals surface area contributed by atoms with Crippen molar-refractivity contribution in [2.45, 2.75) is 29.1 Å². The van der Waals surface area contributed by atoms with Crippen molar-refractivity contribution >= 4 is 54.4 Å². The molecule has 4 heterocycles. The Balaban J connectivity index is 1.46. The molecule has 11 heteroatoms. The van der Waals surface area contributed by atoms with Gasteiger partial charge in [-0.1, -0.05) is 11.8 Å². The summed E-state index contributed by atoms with van der Waals surface area (Å²) >= 11 is 3.21. The number of nitrogens with zero attached hydrogens (tertiary/aromatic N) is 5. The number of rotatable bonds is 6. The van der Waals surface area contributed by atoms with E-state index in [9.17, 15) is 8.42 Å². The Labute approximate surface area is 188 Å². The van der Waals surface area contributed by atoms with Gasteiger partial charge in [0.15, 0.2) is 0 Å². The van der Waals surface area contributed by atoms with Crippen LogP contribution in [0.1, 0.15) is 12.7 Å². The number of thiophene rings is 1. The largest absolute Gasteiger partial charge is 0.379 e. The fraction of sp³-hybridized carbons (Fsp3) is 0.350. The zero-order chi connectivity index (χ0) is 21.4. The summed E-state index contributed by atoms with van der Waals surface area (Å²) in [6.07, 6.45) is 1.59. The average molecular weight is 476 g/mol. The first kappa shape index (κ1) is 20.8. The van der Waals surface area contributed by atoms with Crippen LogP contribution in [-0.4, -0.2) is 58.5 Å². The normalized spacial score (nSPS) is 15.8. The highest BCUT2D eigenvalue weighted by Crippen LogP contribution is 2.31. The third-order valence-electron chi connectivity index (χ3n) is 5.29. The highest BCUT2D eigenvalue weighted by atomic mass is 32.2. The number of hydrogen-bond acceptors (Lipinski definition) is 8. The van der Waals surface area contributed by atoms with Crippen LogP contribution in [0, 0.1) is 0 Å². The van der Waals surface area contributed by atoms with Crippen molar-refractivity contribution in [2.75, 3.05) is 26.3 Å². The summed E-state index contributed by atoms with van der Waals surface area (Å²) < 4.78 is 34.9. The van der Waals surface area contributed by atoms with Gasteiger partial charge < -0.3 is 9.30 Å². The van der Waals surface area contributed by atoms with E-state index in [2.05, 4.69) is 21.5 Å². The van der Waals surface area contributed by atoms with Gasteiger partial charge in [0.05, 0.1) is 34.9 Å². The molecule has 0 radical (unpaired) electrons. The van der Waals surface area contributed by atoms with Gasteiger partial charge in [-0.2, -0.15) is 4.31 Å². The van der Waals surface area contributed by atoms with Crippen LogP contribution in [0.3, 0.4) is 0 Å². The van der Waals surface area contributed by atoms with Gasteiger partial charge in [0.2, 0.25) is 10.0 Å². The topological polar surface area (TPSA) is 90.2 Å². The van der Waals surface area contributed by atoms with Crippen LogP contribution in [0.2, 0.25) is 0 Å². The summed E-state index contributed by atoms with van der Waals surface area (Å²) in [4.78, 5) is 14.8. The van der Waals surface area contributed by atoms with E-state index in [1.54, 1.807) is 41.6 Å². The summed E-state index contributed by atoms with van der Waals surface area (Å²) in [6.45, 7) is 4.42. The number of hydrogen-bond donors (Lipinski definition) is 0. The molecule has 0 unspecified atom stereocenters. The summed E-state index contributed by atoms with van der Waals surface area (Å²) in [7, 11) is -3.55. The van der Waals surface area contributed by atoms with Crippen molar-refractivity contribution in [1.29, 1.82) is 0 Å². The fourth-order valence-electron chi connectivity index (χ4n) is 3.73. The number of thioether (sulfide) groups is 1. The van der Waals surface area contributed by atoms with Gasteiger partial charge in [-0.05, 0) is 36.6 Å². The number of benzene rings is 1. The Kier molecular flexibility index (Phi) is 5.69. The molecule has 1 saturated heterocycles. The number of imidazole rings is 1. The van der Waals surface area contributed by atoms with Crippen molar-refractivity contribution in [2.24, 2.45) is 0 Å². The van der Waals surface area contributed by atoms with Crippen LogP contribution in [0.5, 0.6) is 0 Å². The third-order valence-corrected chi connectivity index (χ3v) is 9.00. The Morgan fingerprint density at radius 3 is 2.84 bits per heavy atom. The fourth-order valence-corrected chi connectivity index (χ4v) is 6.89. The second kappa shape index (κ2) is 8.47. The van der Waals surface area contributed by atoms with E-state index in [1.807, 2.05) is 17.5 Å². The minimum absolute atomic E-state index is 0.276. The molecule has 1 fully saturated rings.